The molecule has 6 heteroatoms. The number of halogens is 3. The molecule has 3 nitrogen and oxygen atoms in total. The summed E-state index contributed by atoms with van der Waals surface area (Å²) in [6.07, 6.45) is -3.32. The first-order valence-electron chi connectivity index (χ1n) is 6.92. The highest BCUT2D eigenvalue weighted by Crippen LogP contribution is 2.38. The van der Waals surface area contributed by atoms with Crippen molar-refractivity contribution in [1.29, 1.82) is 0 Å². The summed E-state index contributed by atoms with van der Waals surface area (Å²) in [5.74, 6) is 0. The van der Waals surface area contributed by atoms with Gasteiger partial charge in [0.1, 0.15) is 5.69 Å². The molecule has 1 aromatic heterocycles. The molecule has 1 atom stereocenters. The largest absolute Gasteiger partial charge is 0.433 e. The Bertz CT molecular complexity index is 685. The zero-order valence-corrected chi connectivity index (χ0v) is 11.9. The molecule has 2 aromatic rings. The van der Waals surface area contributed by atoms with E-state index >= 15 is 0 Å². The molecule has 0 bridgehead atoms. The number of fused-ring (bicyclic) bond motifs is 1. The number of hydrogen-bond donors (Lipinski definition) is 1. The quantitative estimate of drug-likeness (QED) is 0.941. The van der Waals surface area contributed by atoms with Gasteiger partial charge in [0.2, 0.25) is 0 Å². The number of nitrogens with one attached hydrogen (secondary N) is 1. The van der Waals surface area contributed by atoms with Crippen molar-refractivity contribution in [3.05, 3.63) is 53.3 Å². The number of alkyl halides is 3. The first-order chi connectivity index (χ1) is 10.5. The summed E-state index contributed by atoms with van der Waals surface area (Å²) in [6.45, 7) is 1.07. The van der Waals surface area contributed by atoms with E-state index in [1.807, 2.05) is 25.2 Å². The average molecular weight is 308 g/mol. The molecule has 0 radical (unpaired) electrons. The summed E-state index contributed by atoms with van der Waals surface area (Å²) in [6, 6.07) is 8.30. The van der Waals surface area contributed by atoms with Crippen molar-refractivity contribution in [2.24, 2.45) is 0 Å². The third kappa shape index (κ3) is 2.71. The van der Waals surface area contributed by atoms with Crippen LogP contribution in [0.5, 0.6) is 0 Å². The van der Waals surface area contributed by atoms with E-state index < -0.39 is 11.9 Å². The minimum atomic E-state index is -4.45. The van der Waals surface area contributed by atoms with Crippen molar-refractivity contribution in [3.8, 4) is 11.1 Å². The summed E-state index contributed by atoms with van der Waals surface area (Å²) < 4.78 is 44.2. The summed E-state index contributed by atoms with van der Waals surface area (Å²) >= 11 is 0. The molecule has 1 aromatic carbocycles. The van der Waals surface area contributed by atoms with E-state index in [2.05, 4.69) is 10.3 Å². The first kappa shape index (κ1) is 15.0. The van der Waals surface area contributed by atoms with E-state index in [0.29, 0.717) is 18.7 Å². The number of pyridine rings is 1. The monoisotopic (exact) mass is 308 g/mol. The predicted molar refractivity (Wildman–Crippen MR) is 76.1 cm³/mol. The fourth-order valence-corrected chi connectivity index (χ4v) is 2.72. The van der Waals surface area contributed by atoms with E-state index in [0.717, 1.165) is 22.8 Å². The average Bonchev–Trinajstić information content (AvgIpc) is 2.90. The van der Waals surface area contributed by atoms with Gasteiger partial charge in [-0.25, -0.2) is 0 Å². The topological polar surface area (TPSA) is 34.1 Å². The second-order valence-electron chi connectivity index (χ2n) is 5.16. The Morgan fingerprint density at radius 1 is 1.32 bits per heavy atom. The van der Waals surface area contributed by atoms with Gasteiger partial charge in [0.25, 0.3) is 0 Å². The molecule has 0 fully saturated rings. The van der Waals surface area contributed by atoms with Crippen LogP contribution in [0.3, 0.4) is 0 Å². The zero-order chi connectivity index (χ0) is 15.7. The third-order valence-electron chi connectivity index (χ3n) is 3.74. The molecule has 3 rings (SSSR count). The minimum Gasteiger partial charge on any atom is -0.367 e. The molecule has 0 amide bonds. The Morgan fingerprint density at radius 3 is 2.86 bits per heavy atom. The maximum Gasteiger partial charge on any atom is 0.433 e. The molecule has 1 unspecified atom stereocenters. The van der Waals surface area contributed by atoms with Gasteiger partial charge in [-0.2, -0.15) is 13.2 Å². The van der Waals surface area contributed by atoms with Crippen molar-refractivity contribution in [3.63, 3.8) is 0 Å². The van der Waals surface area contributed by atoms with E-state index in [9.17, 15) is 13.2 Å². The lowest BCUT2D eigenvalue weighted by Crippen LogP contribution is -2.16. The van der Waals surface area contributed by atoms with E-state index in [4.69, 9.17) is 4.74 Å². The van der Waals surface area contributed by atoms with Gasteiger partial charge in [0, 0.05) is 12.7 Å². The molecule has 1 aliphatic rings. The van der Waals surface area contributed by atoms with Crippen LogP contribution in [0.2, 0.25) is 0 Å². The lowest BCUT2D eigenvalue weighted by atomic mass is 9.95. The fraction of sp³-hybridized carbons (Fsp3) is 0.312. The number of nitrogens with zero attached hydrogens (tertiary/aromatic N) is 1. The molecule has 0 saturated carbocycles. The number of aromatic nitrogens is 1. The second-order valence-corrected chi connectivity index (χ2v) is 5.16. The number of rotatable bonds is 3. The standard InChI is InChI=1S/C16H15F3N2O/c1-20-8-14-12-4-2-3-11(13(12)9-22-14)10-5-6-21-15(7-10)16(17,18)19/h2-7,14,20H,8-9H2,1H3. The number of hydrogen-bond acceptors (Lipinski definition) is 3. The van der Waals surface area contributed by atoms with Crippen LogP contribution in [0.25, 0.3) is 11.1 Å². The van der Waals surface area contributed by atoms with Crippen LogP contribution in [0, 0.1) is 0 Å². The number of ether oxygens (including phenoxy) is 1. The smallest absolute Gasteiger partial charge is 0.367 e. The molecule has 22 heavy (non-hydrogen) atoms. The van der Waals surface area contributed by atoms with Gasteiger partial charge in [0.05, 0.1) is 12.7 Å². The van der Waals surface area contributed by atoms with Crippen LogP contribution in [0.15, 0.2) is 36.5 Å². The highest BCUT2D eigenvalue weighted by molar-refractivity contribution is 5.69. The van der Waals surface area contributed by atoms with Gasteiger partial charge < -0.3 is 10.1 Å². The predicted octanol–water partition coefficient (Wildman–Crippen LogP) is 3.56. The van der Waals surface area contributed by atoms with Crippen LogP contribution < -0.4 is 5.32 Å². The summed E-state index contributed by atoms with van der Waals surface area (Å²) in [5.41, 5.74) is 2.37. The molecule has 2 heterocycles. The van der Waals surface area contributed by atoms with Gasteiger partial charge >= 0.3 is 6.18 Å². The Morgan fingerprint density at radius 2 is 2.14 bits per heavy atom. The van der Waals surface area contributed by atoms with Crippen molar-refractivity contribution < 1.29 is 17.9 Å². The van der Waals surface area contributed by atoms with Crippen LogP contribution in [-0.2, 0) is 17.5 Å². The van der Waals surface area contributed by atoms with Gasteiger partial charge in [-0.05, 0) is 41.4 Å². The highest BCUT2D eigenvalue weighted by Gasteiger charge is 2.33. The lowest BCUT2D eigenvalue weighted by molar-refractivity contribution is -0.141. The van der Waals surface area contributed by atoms with Crippen LogP contribution in [-0.4, -0.2) is 18.6 Å². The summed E-state index contributed by atoms with van der Waals surface area (Å²) in [5, 5.41) is 3.06. The molecule has 1 aliphatic heterocycles. The normalized spacial score (nSPS) is 17.5. The summed E-state index contributed by atoms with van der Waals surface area (Å²) in [7, 11) is 1.84. The maximum absolute atomic E-state index is 12.8. The van der Waals surface area contributed by atoms with E-state index in [1.54, 1.807) is 6.07 Å². The van der Waals surface area contributed by atoms with Gasteiger partial charge in [0.15, 0.2) is 0 Å². The molecular formula is C16H15F3N2O. The van der Waals surface area contributed by atoms with Gasteiger partial charge in [-0.15, -0.1) is 0 Å². The molecule has 0 aliphatic carbocycles. The van der Waals surface area contributed by atoms with E-state index in [1.165, 1.54) is 6.20 Å². The van der Waals surface area contributed by atoms with Crippen LogP contribution >= 0.6 is 0 Å². The first-order valence-corrected chi connectivity index (χ1v) is 6.92. The Kier molecular flexibility index (Phi) is 3.88. The van der Waals surface area contributed by atoms with Crippen molar-refractivity contribution >= 4 is 0 Å². The molecule has 0 saturated heterocycles. The fourth-order valence-electron chi connectivity index (χ4n) is 2.72. The number of benzene rings is 1. The van der Waals surface area contributed by atoms with Crippen molar-refractivity contribution in [2.45, 2.75) is 18.9 Å². The minimum absolute atomic E-state index is 0.0659. The summed E-state index contributed by atoms with van der Waals surface area (Å²) in [4.78, 5) is 3.41. The van der Waals surface area contributed by atoms with Crippen LogP contribution in [0.4, 0.5) is 13.2 Å². The van der Waals surface area contributed by atoms with Gasteiger partial charge in [-0.3, -0.25) is 4.98 Å². The van der Waals surface area contributed by atoms with Crippen molar-refractivity contribution in [1.82, 2.24) is 10.3 Å². The number of likely N-dealkylation sites (N-methyl/N-ethyl adjacent to an activating group) is 1. The molecular weight excluding hydrogens is 293 g/mol. The lowest BCUT2D eigenvalue weighted by Gasteiger charge is -2.12. The molecule has 0 spiro atoms. The Balaban J connectivity index is 2.04. The molecule has 116 valence electrons. The maximum atomic E-state index is 12.8. The SMILES string of the molecule is CNCC1OCc2c(-c3ccnc(C(F)(F)F)c3)cccc21. The van der Waals surface area contributed by atoms with Crippen LogP contribution in [0.1, 0.15) is 22.9 Å². The Hall–Kier alpha value is -1.92. The van der Waals surface area contributed by atoms with Gasteiger partial charge in [-0.1, -0.05) is 18.2 Å². The van der Waals surface area contributed by atoms with Crippen molar-refractivity contribution in [2.75, 3.05) is 13.6 Å². The third-order valence-corrected chi connectivity index (χ3v) is 3.74. The molecule has 1 N–H and O–H groups in total. The highest BCUT2D eigenvalue weighted by atomic mass is 19.4. The zero-order valence-electron chi connectivity index (χ0n) is 11.9. The Labute approximate surface area is 126 Å². The second kappa shape index (κ2) is 5.70. The van der Waals surface area contributed by atoms with E-state index in [-0.39, 0.29) is 6.10 Å².